The summed E-state index contributed by atoms with van der Waals surface area (Å²) in [5.74, 6) is -2.15. The third-order valence-corrected chi connectivity index (χ3v) is 20.0. The molecule has 0 rings (SSSR count). The monoisotopic (exact) mass is 1460 g/mol. The summed E-state index contributed by atoms with van der Waals surface area (Å²) in [6, 6.07) is 0. The largest absolute Gasteiger partial charge is 0.472 e. The molecule has 0 fully saturated rings. The lowest BCUT2D eigenvalue weighted by atomic mass is 10.0. The predicted octanol–water partition coefficient (Wildman–Crippen LogP) is 23.9. The van der Waals surface area contributed by atoms with E-state index in [0.29, 0.717) is 25.7 Å². The highest BCUT2D eigenvalue weighted by Crippen LogP contribution is 2.45. The van der Waals surface area contributed by atoms with Crippen molar-refractivity contribution in [2.75, 3.05) is 39.6 Å². The SMILES string of the molecule is CCCCC/C=C\C/C=C\CCCCCCCC(=O)O[C@H](COC(=O)CCCCCCCCCCCCCCCCCCC)COP(=O)(O)OC[C@H](O)COP(=O)(O)OC[C@@H](COC(=O)CCCCCCCCCCCCCCC)OC(=O)CCCCCCC/C=C\CCCCCCCC. The Bertz CT molecular complexity index is 2040. The zero-order valence-corrected chi connectivity index (χ0v) is 66.2. The van der Waals surface area contributed by atoms with Gasteiger partial charge in [-0.05, 0) is 83.5 Å². The van der Waals surface area contributed by atoms with Crippen LogP contribution >= 0.6 is 15.6 Å². The molecule has 0 amide bonds. The fraction of sp³-hybridized carbons (Fsp3) is 0.877. The van der Waals surface area contributed by atoms with Crippen molar-refractivity contribution in [3.05, 3.63) is 36.5 Å². The molecule has 0 saturated heterocycles. The van der Waals surface area contributed by atoms with E-state index >= 15 is 0 Å². The number of aliphatic hydroxyl groups is 1. The number of allylic oxidation sites excluding steroid dienone is 6. The fourth-order valence-corrected chi connectivity index (χ4v) is 13.4. The van der Waals surface area contributed by atoms with Gasteiger partial charge in [-0.15, -0.1) is 0 Å². The minimum Gasteiger partial charge on any atom is -0.462 e. The first-order chi connectivity index (χ1) is 48.7. The molecular weight excluding hydrogens is 1310 g/mol. The number of carbonyl (C=O) groups excluding carboxylic acids is 4. The zero-order valence-electron chi connectivity index (χ0n) is 64.4. The number of phosphoric ester groups is 2. The van der Waals surface area contributed by atoms with E-state index in [4.69, 9.17) is 37.0 Å². The van der Waals surface area contributed by atoms with Crippen LogP contribution in [0.1, 0.15) is 400 Å². The van der Waals surface area contributed by atoms with Gasteiger partial charge in [-0.2, -0.15) is 0 Å². The number of phosphoric acid groups is 2. The standard InChI is InChI=1S/C81H152O17P2/c1-5-9-13-17-21-25-29-33-36-37-40-42-46-50-54-58-62-66-79(84)92-72-77(98-81(86)68-64-60-56-52-48-44-39-35-31-27-23-19-15-11-7-3)74-96-100(89,90)94-70-75(82)69-93-99(87,88)95-73-76(71-91-78(83)65-61-57-53-49-45-41-32-28-24-20-16-12-8-4)97-80(85)67-63-59-55-51-47-43-38-34-30-26-22-18-14-10-6-2/h23,27,34-35,38-39,75-77,82H,5-22,24-26,28-33,36-37,40-74H2,1-4H3,(H,87,88)(H,89,90)/b27-23-,38-34-,39-35-/t75-,76-,77-/m1/s1. The van der Waals surface area contributed by atoms with Crippen molar-refractivity contribution < 1.29 is 80.2 Å². The van der Waals surface area contributed by atoms with Crippen LogP contribution < -0.4 is 0 Å². The Balaban J connectivity index is 5.31. The Morgan fingerprint density at radius 2 is 0.490 bits per heavy atom. The first-order valence-electron chi connectivity index (χ1n) is 41.2. The summed E-state index contributed by atoms with van der Waals surface area (Å²) >= 11 is 0. The van der Waals surface area contributed by atoms with Crippen molar-refractivity contribution in [3.8, 4) is 0 Å². The van der Waals surface area contributed by atoms with Crippen LogP contribution in [0.3, 0.4) is 0 Å². The van der Waals surface area contributed by atoms with Crippen LogP contribution in [-0.2, 0) is 65.4 Å². The molecular formula is C81H152O17P2. The lowest BCUT2D eigenvalue weighted by Crippen LogP contribution is -2.30. The number of esters is 4. The minimum absolute atomic E-state index is 0.0864. The second-order valence-electron chi connectivity index (χ2n) is 28.1. The molecule has 0 radical (unpaired) electrons. The molecule has 0 spiro atoms. The van der Waals surface area contributed by atoms with Crippen molar-refractivity contribution in [2.24, 2.45) is 0 Å². The Kier molecular flexibility index (Phi) is 72.5. The number of unbranched alkanes of at least 4 members (excludes halogenated alkanes) is 47. The summed E-state index contributed by atoms with van der Waals surface area (Å²) in [7, 11) is -9.94. The van der Waals surface area contributed by atoms with Crippen LogP contribution in [0.4, 0.5) is 0 Å². The number of aliphatic hydroxyl groups excluding tert-OH is 1. The van der Waals surface area contributed by atoms with E-state index in [-0.39, 0.29) is 25.7 Å². The summed E-state index contributed by atoms with van der Waals surface area (Å²) < 4.78 is 68.7. The molecule has 0 saturated carbocycles. The molecule has 2 unspecified atom stereocenters. The van der Waals surface area contributed by atoms with E-state index in [9.17, 15) is 43.2 Å². The van der Waals surface area contributed by atoms with E-state index < -0.39 is 97.5 Å². The molecule has 0 bridgehead atoms. The maximum atomic E-state index is 13.1. The maximum Gasteiger partial charge on any atom is 0.472 e. The van der Waals surface area contributed by atoms with Crippen molar-refractivity contribution >= 4 is 39.5 Å². The third-order valence-electron chi connectivity index (χ3n) is 18.1. The number of rotatable bonds is 79. The van der Waals surface area contributed by atoms with Crippen molar-refractivity contribution in [2.45, 2.75) is 418 Å². The molecule has 588 valence electrons. The summed E-state index contributed by atoms with van der Waals surface area (Å²) in [6.07, 6.45) is 71.1. The van der Waals surface area contributed by atoms with Crippen molar-refractivity contribution in [1.29, 1.82) is 0 Å². The highest BCUT2D eigenvalue weighted by Gasteiger charge is 2.30. The topological polar surface area (TPSA) is 237 Å². The molecule has 0 aliphatic heterocycles. The van der Waals surface area contributed by atoms with E-state index in [1.807, 2.05) is 0 Å². The minimum atomic E-state index is -4.97. The lowest BCUT2D eigenvalue weighted by Gasteiger charge is -2.21. The van der Waals surface area contributed by atoms with Gasteiger partial charge in [0.2, 0.25) is 0 Å². The van der Waals surface area contributed by atoms with Crippen LogP contribution in [0.5, 0.6) is 0 Å². The van der Waals surface area contributed by atoms with Crippen LogP contribution in [0.2, 0.25) is 0 Å². The van der Waals surface area contributed by atoms with Gasteiger partial charge < -0.3 is 33.8 Å². The van der Waals surface area contributed by atoms with E-state index in [1.165, 1.54) is 199 Å². The van der Waals surface area contributed by atoms with Gasteiger partial charge in [-0.1, -0.05) is 327 Å². The van der Waals surface area contributed by atoms with Gasteiger partial charge in [-0.25, -0.2) is 9.13 Å². The van der Waals surface area contributed by atoms with Crippen molar-refractivity contribution in [3.63, 3.8) is 0 Å². The van der Waals surface area contributed by atoms with Crippen molar-refractivity contribution in [1.82, 2.24) is 0 Å². The van der Waals surface area contributed by atoms with Gasteiger partial charge in [0.1, 0.15) is 19.3 Å². The smallest absolute Gasteiger partial charge is 0.462 e. The van der Waals surface area contributed by atoms with Gasteiger partial charge in [0, 0.05) is 25.7 Å². The molecule has 0 aliphatic carbocycles. The van der Waals surface area contributed by atoms with Gasteiger partial charge in [0.25, 0.3) is 0 Å². The highest BCUT2D eigenvalue weighted by atomic mass is 31.2. The molecule has 0 aromatic rings. The van der Waals surface area contributed by atoms with Crippen LogP contribution in [-0.4, -0.2) is 96.7 Å². The molecule has 5 atom stereocenters. The predicted molar refractivity (Wildman–Crippen MR) is 409 cm³/mol. The summed E-state index contributed by atoms with van der Waals surface area (Å²) in [4.78, 5) is 73.0. The lowest BCUT2D eigenvalue weighted by molar-refractivity contribution is -0.161. The second-order valence-corrected chi connectivity index (χ2v) is 31.0. The first-order valence-corrected chi connectivity index (χ1v) is 44.2. The van der Waals surface area contributed by atoms with Crippen LogP contribution in [0.15, 0.2) is 36.5 Å². The average molecular weight is 1460 g/mol. The fourth-order valence-electron chi connectivity index (χ4n) is 11.8. The number of ether oxygens (including phenoxy) is 4. The quantitative estimate of drug-likeness (QED) is 0.0169. The Hall–Kier alpha value is -2.72. The summed E-state index contributed by atoms with van der Waals surface area (Å²) in [5.41, 5.74) is 0. The molecule has 0 heterocycles. The highest BCUT2D eigenvalue weighted by molar-refractivity contribution is 7.47. The first kappa shape index (κ1) is 97.3. The summed E-state index contributed by atoms with van der Waals surface area (Å²) in [5, 5.41) is 10.6. The second kappa shape index (κ2) is 74.5. The van der Waals surface area contributed by atoms with E-state index in [2.05, 4.69) is 64.2 Å². The Morgan fingerprint density at radius 1 is 0.280 bits per heavy atom. The van der Waals surface area contributed by atoms with Gasteiger partial charge in [0.05, 0.1) is 26.4 Å². The molecule has 0 aromatic heterocycles. The van der Waals surface area contributed by atoms with Gasteiger partial charge >= 0.3 is 39.5 Å². The van der Waals surface area contributed by atoms with Gasteiger partial charge in [-0.3, -0.25) is 37.3 Å². The van der Waals surface area contributed by atoms with E-state index in [0.717, 1.165) is 122 Å². The number of hydrogen-bond acceptors (Lipinski definition) is 15. The molecule has 19 heteroatoms. The number of carbonyl (C=O) groups is 4. The molecule has 0 aliphatic rings. The van der Waals surface area contributed by atoms with Crippen LogP contribution in [0, 0.1) is 0 Å². The molecule has 17 nitrogen and oxygen atoms in total. The molecule has 0 aromatic carbocycles. The molecule has 100 heavy (non-hydrogen) atoms. The van der Waals surface area contributed by atoms with Crippen LogP contribution in [0.25, 0.3) is 0 Å². The zero-order chi connectivity index (χ0) is 73.2. The Morgan fingerprint density at radius 3 is 0.770 bits per heavy atom. The average Bonchev–Trinajstić information content (AvgIpc) is 0.942. The van der Waals surface area contributed by atoms with Gasteiger partial charge in [0.15, 0.2) is 12.2 Å². The third kappa shape index (κ3) is 73.6. The molecule has 3 N–H and O–H groups in total. The maximum absolute atomic E-state index is 13.1. The van der Waals surface area contributed by atoms with E-state index in [1.54, 1.807) is 0 Å². The Labute approximate surface area is 611 Å². The normalized spacial score (nSPS) is 14.0. The number of hydrogen-bond donors (Lipinski definition) is 3. The summed E-state index contributed by atoms with van der Waals surface area (Å²) in [6.45, 7) is 4.93.